The fourth-order valence-corrected chi connectivity index (χ4v) is 4.32. The van der Waals surface area contributed by atoms with Gasteiger partial charge in [-0.3, -0.25) is 10.1 Å². The molecule has 136 valence electrons. The normalized spacial score (nSPS) is 11.8. The van der Waals surface area contributed by atoms with Crippen LogP contribution < -0.4 is 5.32 Å². The Kier molecular flexibility index (Phi) is 4.68. The fraction of sp³-hybridized carbons (Fsp3) is 0.235. The quantitative estimate of drug-likeness (QED) is 0.508. The zero-order valence-electron chi connectivity index (χ0n) is 14.4. The maximum Gasteiger partial charge on any atom is 0.270 e. The van der Waals surface area contributed by atoms with E-state index < -0.39 is 14.8 Å². The van der Waals surface area contributed by atoms with Gasteiger partial charge in [0.05, 0.1) is 30.7 Å². The third kappa shape index (κ3) is 3.68. The molecule has 0 amide bonds. The van der Waals surface area contributed by atoms with E-state index >= 15 is 0 Å². The summed E-state index contributed by atoms with van der Waals surface area (Å²) in [5, 5.41) is 15.0. The Balaban J connectivity index is 2.03. The third-order valence-electron chi connectivity index (χ3n) is 3.75. The molecule has 1 aromatic heterocycles. The smallest absolute Gasteiger partial charge is 0.270 e. The van der Waals surface area contributed by atoms with Gasteiger partial charge in [0.25, 0.3) is 5.69 Å². The van der Waals surface area contributed by atoms with E-state index in [1.807, 2.05) is 12.1 Å². The van der Waals surface area contributed by atoms with Crippen LogP contribution >= 0.6 is 11.3 Å². The predicted octanol–water partition coefficient (Wildman–Crippen LogP) is 4.48. The summed E-state index contributed by atoms with van der Waals surface area (Å²) in [7, 11) is -3.64. The van der Waals surface area contributed by atoms with E-state index in [2.05, 4.69) is 24.1 Å². The number of anilines is 2. The van der Waals surface area contributed by atoms with Gasteiger partial charge in [-0.25, -0.2) is 13.4 Å². The summed E-state index contributed by atoms with van der Waals surface area (Å²) >= 11 is 1.59. The molecule has 0 aliphatic rings. The molecule has 9 heteroatoms. The van der Waals surface area contributed by atoms with Crippen molar-refractivity contribution in [1.29, 1.82) is 0 Å². The lowest BCUT2D eigenvalue weighted by Gasteiger charge is -2.11. The van der Waals surface area contributed by atoms with Gasteiger partial charge in [0.15, 0.2) is 9.84 Å². The van der Waals surface area contributed by atoms with E-state index in [-0.39, 0.29) is 10.6 Å². The third-order valence-corrected chi connectivity index (χ3v) is 6.21. The lowest BCUT2D eigenvalue weighted by atomic mass is 10.2. The van der Waals surface area contributed by atoms with Crippen molar-refractivity contribution in [2.24, 2.45) is 0 Å². The number of nitrogens with one attached hydrogen (secondary N) is 1. The highest BCUT2D eigenvalue weighted by Crippen LogP contribution is 2.32. The van der Waals surface area contributed by atoms with E-state index in [9.17, 15) is 18.5 Å². The second-order valence-corrected chi connectivity index (χ2v) is 9.27. The summed E-state index contributed by atoms with van der Waals surface area (Å²) in [5.74, 6) is 0.329. The summed E-state index contributed by atoms with van der Waals surface area (Å²) in [6.07, 6.45) is 1.03. The highest BCUT2D eigenvalue weighted by atomic mass is 32.2. The average Bonchev–Trinajstić information content (AvgIpc) is 2.97. The molecular formula is C17H17N3O4S2. The summed E-state index contributed by atoms with van der Waals surface area (Å²) < 4.78 is 25.1. The zero-order valence-corrected chi connectivity index (χ0v) is 16.0. The van der Waals surface area contributed by atoms with E-state index in [1.165, 1.54) is 12.1 Å². The van der Waals surface area contributed by atoms with Gasteiger partial charge in [0.1, 0.15) is 0 Å². The van der Waals surface area contributed by atoms with Gasteiger partial charge < -0.3 is 5.32 Å². The summed E-state index contributed by atoms with van der Waals surface area (Å²) in [6, 6.07) is 9.32. The molecule has 2 aromatic carbocycles. The first kappa shape index (κ1) is 18.3. The maximum absolute atomic E-state index is 12.0. The van der Waals surface area contributed by atoms with Crippen molar-refractivity contribution in [2.75, 3.05) is 11.6 Å². The van der Waals surface area contributed by atoms with Gasteiger partial charge in [0.2, 0.25) is 0 Å². The van der Waals surface area contributed by atoms with Crippen LogP contribution in [0.15, 0.2) is 41.3 Å². The number of benzene rings is 2. The van der Waals surface area contributed by atoms with Crippen LogP contribution in [-0.4, -0.2) is 24.6 Å². The van der Waals surface area contributed by atoms with Crippen LogP contribution in [0.4, 0.5) is 17.1 Å². The molecule has 0 atom stereocenters. The summed E-state index contributed by atoms with van der Waals surface area (Å²) in [4.78, 5) is 14.8. The molecule has 0 aliphatic heterocycles. The molecule has 0 aliphatic carbocycles. The molecule has 3 aromatic rings. The van der Waals surface area contributed by atoms with Crippen molar-refractivity contribution >= 4 is 48.5 Å². The Hall–Kier alpha value is -2.52. The predicted molar refractivity (Wildman–Crippen MR) is 103 cm³/mol. The number of fused-ring (bicyclic) bond motifs is 1. The summed E-state index contributed by atoms with van der Waals surface area (Å²) in [5.41, 5.74) is 1.60. The number of rotatable bonds is 5. The maximum atomic E-state index is 12.0. The van der Waals surface area contributed by atoms with Crippen LogP contribution in [0.1, 0.15) is 24.8 Å². The number of nitrogens with zero attached hydrogens (tertiary/aromatic N) is 2. The molecule has 7 nitrogen and oxygen atoms in total. The Labute approximate surface area is 154 Å². The van der Waals surface area contributed by atoms with Crippen molar-refractivity contribution in [3.8, 4) is 0 Å². The largest absolute Gasteiger partial charge is 0.354 e. The molecule has 26 heavy (non-hydrogen) atoms. The number of sulfone groups is 1. The van der Waals surface area contributed by atoms with Crippen molar-refractivity contribution in [2.45, 2.75) is 24.7 Å². The van der Waals surface area contributed by atoms with Gasteiger partial charge in [-0.15, -0.1) is 11.3 Å². The first-order valence-electron chi connectivity index (χ1n) is 7.81. The van der Waals surface area contributed by atoms with Crippen LogP contribution in [0.2, 0.25) is 0 Å². The minimum atomic E-state index is -3.64. The zero-order chi connectivity index (χ0) is 19.1. The Bertz CT molecular complexity index is 1100. The van der Waals surface area contributed by atoms with Crippen molar-refractivity contribution < 1.29 is 13.3 Å². The Morgan fingerprint density at radius 1 is 1.19 bits per heavy atom. The molecule has 0 saturated carbocycles. The number of nitro benzene ring substituents is 1. The van der Waals surface area contributed by atoms with Crippen LogP contribution in [-0.2, 0) is 9.84 Å². The molecule has 1 heterocycles. The standard InChI is InChI=1S/C17H17N3O4S2/c1-10(2)17-19-13-6-4-11(8-15(13)25-17)18-14-7-5-12(20(21)22)9-16(14)26(3,23)24/h4-10,18H,1-3H3. The molecule has 1 N–H and O–H groups in total. The number of hydrogen-bond acceptors (Lipinski definition) is 7. The molecular weight excluding hydrogens is 374 g/mol. The lowest BCUT2D eigenvalue weighted by molar-refractivity contribution is -0.385. The van der Waals surface area contributed by atoms with Gasteiger partial charge in [-0.05, 0) is 24.3 Å². The molecule has 0 unspecified atom stereocenters. The number of aromatic nitrogens is 1. The monoisotopic (exact) mass is 391 g/mol. The van der Waals surface area contributed by atoms with E-state index in [4.69, 9.17) is 0 Å². The Morgan fingerprint density at radius 3 is 2.54 bits per heavy atom. The van der Waals surface area contributed by atoms with Gasteiger partial charge in [0, 0.05) is 30.0 Å². The molecule has 0 bridgehead atoms. The van der Waals surface area contributed by atoms with Crippen molar-refractivity contribution in [1.82, 2.24) is 4.98 Å². The molecule has 0 radical (unpaired) electrons. The van der Waals surface area contributed by atoms with Crippen LogP contribution in [0.3, 0.4) is 0 Å². The SMILES string of the molecule is CC(C)c1nc2ccc(Nc3ccc([N+](=O)[O-])cc3S(C)(=O)=O)cc2s1. The minimum Gasteiger partial charge on any atom is -0.354 e. The second-order valence-electron chi connectivity index (χ2n) is 6.22. The fourth-order valence-electron chi connectivity index (χ4n) is 2.46. The molecule has 3 rings (SSSR count). The highest BCUT2D eigenvalue weighted by molar-refractivity contribution is 7.90. The Morgan fingerprint density at radius 2 is 1.92 bits per heavy atom. The van der Waals surface area contributed by atoms with Gasteiger partial charge in [-0.1, -0.05) is 13.8 Å². The van der Waals surface area contributed by atoms with Crippen molar-refractivity contribution in [3.05, 3.63) is 51.5 Å². The van der Waals surface area contributed by atoms with E-state index in [0.29, 0.717) is 17.3 Å². The van der Waals surface area contributed by atoms with Crippen LogP contribution in [0.5, 0.6) is 0 Å². The topological polar surface area (TPSA) is 102 Å². The lowest BCUT2D eigenvalue weighted by Crippen LogP contribution is -2.04. The minimum absolute atomic E-state index is 0.112. The molecule has 0 spiro atoms. The highest BCUT2D eigenvalue weighted by Gasteiger charge is 2.19. The van der Waals surface area contributed by atoms with Crippen molar-refractivity contribution in [3.63, 3.8) is 0 Å². The number of nitro groups is 1. The van der Waals surface area contributed by atoms with E-state index in [0.717, 1.165) is 27.5 Å². The second kappa shape index (κ2) is 6.65. The van der Waals surface area contributed by atoms with Gasteiger partial charge >= 0.3 is 0 Å². The van der Waals surface area contributed by atoms with Crippen LogP contribution in [0.25, 0.3) is 10.2 Å². The molecule has 0 fully saturated rings. The first-order valence-corrected chi connectivity index (χ1v) is 10.5. The van der Waals surface area contributed by atoms with Gasteiger partial charge in [-0.2, -0.15) is 0 Å². The molecule has 0 saturated heterocycles. The first-order chi connectivity index (χ1) is 12.1. The van der Waals surface area contributed by atoms with Crippen LogP contribution in [0, 0.1) is 10.1 Å². The number of thiazole rings is 1. The summed E-state index contributed by atoms with van der Waals surface area (Å²) in [6.45, 7) is 4.15. The van der Waals surface area contributed by atoms with E-state index in [1.54, 1.807) is 17.4 Å². The number of hydrogen-bond donors (Lipinski definition) is 1. The number of non-ortho nitro benzene ring substituents is 1. The average molecular weight is 391 g/mol.